The van der Waals surface area contributed by atoms with Gasteiger partial charge in [-0.3, -0.25) is 0 Å². The van der Waals surface area contributed by atoms with E-state index in [1.54, 1.807) is 0 Å². The predicted octanol–water partition coefficient (Wildman–Crippen LogP) is 13.5. The molecule has 1 aliphatic heterocycles. The van der Waals surface area contributed by atoms with Crippen molar-refractivity contribution in [1.82, 2.24) is 9.97 Å². The second-order valence-corrected chi connectivity index (χ2v) is 15.3. The van der Waals surface area contributed by atoms with Crippen molar-refractivity contribution >= 4 is 11.1 Å². The van der Waals surface area contributed by atoms with E-state index in [-0.39, 0.29) is 0 Å². The molecule has 3 aliphatic rings. The molecule has 3 nitrogen and oxygen atoms in total. The number of nitrogens with zero attached hydrogens (tertiary/aromatic N) is 2. The van der Waals surface area contributed by atoms with Crippen LogP contribution in [-0.4, -0.2) is 9.97 Å². The molecule has 0 bridgehead atoms. The van der Waals surface area contributed by atoms with E-state index in [1.807, 2.05) is 6.07 Å². The van der Waals surface area contributed by atoms with Crippen molar-refractivity contribution in [2.24, 2.45) is 5.92 Å². The second kappa shape index (κ2) is 13.3. The molecule has 57 heavy (non-hydrogen) atoms. The summed E-state index contributed by atoms with van der Waals surface area (Å²) in [6, 6.07) is 64.9. The summed E-state index contributed by atoms with van der Waals surface area (Å²) in [5, 5.41) is 0. The van der Waals surface area contributed by atoms with E-state index in [0.29, 0.717) is 11.7 Å². The molecule has 2 aliphatic carbocycles. The summed E-state index contributed by atoms with van der Waals surface area (Å²) in [7, 11) is 0. The highest BCUT2D eigenvalue weighted by Gasteiger charge is 2.51. The molecule has 0 saturated heterocycles. The van der Waals surface area contributed by atoms with E-state index < -0.39 is 5.41 Å². The first-order valence-corrected chi connectivity index (χ1v) is 19.8. The molecule has 0 saturated carbocycles. The number of benzene rings is 7. The Morgan fingerprint density at radius 2 is 1.04 bits per heavy atom. The fourth-order valence-corrected chi connectivity index (χ4v) is 9.32. The number of allylic oxidation sites excluding steroid dienone is 4. The summed E-state index contributed by atoms with van der Waals surface area (Å²) < 4.78 is 6.72. The Balaban J connectivity index is 1.07. The molecule has 0 fully saturated rings. The Kier molecular flexibility index (Phi) is 7.75. The lowest BCUT2D eigenvalue weighted by Gasteiger charge is -2.39. The maximum Gasteiger partial charge on any atom is 0.160 e. The molecule has 270 valence electrons. The molecule has 8 aromatic rings. The molecule has 0 amide bonds. The standard InChI is InChI=1S/C54H38N2O/c1-35-27-29-41(36-15-4-2-5-16-36)44(31-35)50-34-49(37-17-6-3-7-18-37)55-53(56-50)40-20-14-19-38(32-40)39-28-30-52-48(33-39)54(47-25-12-13-26-51(47)57-52)45-23-10-8-21-42(45)43-22-9-11-24-46(43)54/h2-26,28-35H,27H2,1H3. The van der Waals surface area contributed by atoms with Gasteiger partial charge in [-0.25, -0.2) is 9.97 Å². The third-order valence-electron chi connectivity index (χ3n) is 11.9. The molecule has 0 N–H and O–H groups in total. The first-order chi connectivity index (χ1) is 28.1. The number of hydrogen-bond donors (Lipinski definition) is 0. The van der Waals surface area contributed by atoms with Gasteiger partial charge >= 0.3 is 0 Å². The molecular weight excluding hydrogens is 693 g/mol. The van der Waals surface area contributed by atoms with E-state index >= 15 is 0 Å². The topological polar surface area (TPSA) is 35.0 Å². The minimum atomic E-state index is -0.526. The van der Waals surface area contributed by atoms with Crippen LogP contribution >= 0.6 is 0 Å². The van der Waals surface area contributed by atoms with Crippen LogP contribution in [0.3, 0.4) is 0 Å². The van der Waals surface area contributed by atoms with E-state index in [9.17, 15) is 0 Å². The summed E-state index contributed by atoms with van der Waals surface area (Å²) in [4.78, 5) is 10.6. The van der Waals surface area contributed by atoms with Gasteiger partial charge in [-0.1, -0.05) is 171 Å². The normalized spacial score (nSPS) is 15.7. The fourth-order valence-electron chi connectivity index (χ4n) is 9.32. The lowest BCUT2D eigenvalue weighted by molar-refractivity contribution is 0.436. The molecule has 1 unspecified atom stereocenters. The Morgan fingerprint density at radius 1 is 0.456 bits per heavy atom. The van der Waals surface area contributed by atoms with Crippen LogP contribution < -0.4 is 4.74 Å². The number of rotatable bonds is 5. The Hall–Kier alpha value is -7.10. The molecule has 1 spiro atoms. The van der Waals surface area contributed by atoms with Crippen LogP contribution in [0.2, 0.25) is 0 Å². The number of aromatic nitrogens is 2. The number of para-hydroxylation sites is 1. The zero-order valence-electron chi connectivity index (χ0n) is 31.6. The Morgan fingerprint density at radius 3 is 1.79 bits per heavy atom. The molecular formula is C54H38N2O. The zero-order valence-corrected chi connectivity index (χ0v) is 31.6. The van der Waals surface area contributed by atoms with Crippen LogP contribution in [0.5, 0.6) is 11.5 Å². The van der Waals surface area contributed by atoms with Gasteiger partial charge in [-0.15, -0.1) is 0 Å². The monoisotopic (exact) mass is 730 g/mol. The van der Waals surface area contributed by atoms with E-state index in [1.165, 1.54) is 33.4 Å². The Bertz CT molecular complexity index is 2880. The van der Waals surface area contributed by atoms with Gasteiger partial charge in [-0.05, 0) is 87.2 Å². The van der Waals surface area contributed by atoms with Crippen molar-refractivity contribution in [3.8, 4) is 56.4 Å². The number of ether oxygens (including phenoxy) is 1. The largest absolute Gasteiger partial charge is 0.457 e. The van der Waals surface area contributed by atoms with Crippen molar-refractivity contribution in [2.75, 3.05) is 0 Å². The molecule has 1 aromatic heterocycles. The quantitative estimate of drug-likeness (QED) is 0.177. The SMILES string of the molecule is CC1C=C(c2cc(-c3ccccc3)nc(-c3cccc(-c4ccc5c(c4)C4(c6ccccc6O5)c5ccccc5-c5ccccc54)c3)n2)C(c2ccccc2)=CC1. The molecule has 3 heteroatoms. The highest BCUT2D eigenvalue weighted by molar-refractivity contribution is 6.05. The lowest BCUT2D eigenvalue weighted by Crippen LogP contribution is -2.32. The van der Waals surface area contributed by atoms with E-state index in [4.69, 9.17) is 14.7 Å². The average molecular weight is 731 g/mol. The smallest absolute Gasteiger partial charge is 0.160 e. The van der Waals surface area contributed by atoms with Crippen molar-refractivity contribution in [3.05, 3.63) is 228 Å². The van der Waals surface area contributed by atoms with Gasteiger partial charge in [0.05, 0.1) is 16.8 Å². The van der Waals surface area contributed by atoms with Crippen LogP contribution in [-0.2, 0) is 5.41 Å². The molecule has 2 heterocycles. The minimum absolute atomic E-state index is 0.399. The van der Waals surface area contributed by atoms with Gasteiger partial charge in [0, 0.05) is 27.8 Å². The van der Waals surface area contributed by atoms with Gasteiger partial charge in [-0.2, -0.15) is 0 Å². The predicted molar refractivity (Wildman–Crippen MR) is 232 cm³/mol. The number of fused-ring (bicyclic) bond motifs is 9. The fraction of sp³-hybridized carbons (Fsp3) is 0.0741. The Labute approximate surface area is 333 Å². The van der Waals surface area contributed by atoms with Crippen molar-refractivity contribution in [2.45, 2.75) is 18.8 Å². The molecule has 11 rings (SSSR count). The molecule has 1 atom stereocenters. The maximum absolute atomic E-state index is 6.72. The van der Waals surface area contributed by atoms with Crippen LogP contribution in [0.25, 0.3) is 56.0 Å². The van der Waals surface area contributed by atoms with Crippen LogP contribution in [0.15, 0.2) is 194 Å². The molecule has 7 aromatic carbocycles. The van der Waals surface area contributed by atoms with Gasteiger partial charge < -0.3 is 4.74 Å². The molecule has 0 radical (unpaired) electrons. The third-order valence-corrected chi connectivity index (χ3v) is 11.9. The van der Waals surface area contributed by atoms with Crippen molar-refractivity contribution in [3.63, 3.8) is 0 Å². The summed E-state index contributed by atoms with van der Waals surface area (Å²) in [6.07, 6.45) is 5.74. The van der Waals surface area contributed by atoms with Crippen LogP contribution in [0, 0.1) is 5.92 Å². The highest BCUT2D eigenvalue weighted by atomic mass is 16.5. The summed E-state index contributed by atoms with van der Waals surface area (Å²) in [6.45, 7) is 2.27. The van der Waals surface area contributed by atoms with Crippen LogP contribution in [0.1, 0.15) is 46.9 Å². The minimum Gasteiger partial charge on any atom is -0.457 e. The second-order valence-electron chi connectivity index (χ2n) is 15.3. The highest BCUT2D eigenvalue weighted by Crippen LogP contribution is 2.62. The maximum atomic E-state index is 6.72. The third kappa shape index (κ3) is 5.34. The van der Waals surface area contributed by atoms with Gasteiger partial charge in [0.25, 0.3) is 0 Å². The average Bonchev–Trinajstić information content (AvgIpc) is 3.57. The summed E-state index contributed by atoms with van der Waals surface area (Å²) in [5.74, 6) is 2.87. The zero-order chi connectivity index (χ0) is 37.9. The van der Waals surface area contributed by atoms with Crippen molar-refractivity contribution in [1.29, 1.82) is 0 Å². The van der Waals surface area contributed by atoms with E-state index in [0.717, 1.165) is 68.3 Å². The van der Waals surface area contributed by atoms with Crippen molar-refractivity contribution < 1.29 is 4.74 Å². The van der Waals surface area contributed by atoms with E-state index in [2.05, 4.69) is 195 Å². The van der Waals surface area contributed by atoms with Gasteiger partial charge in [0.15, 0.2) is 5.82 Å². The van der Waals surface area contributed by atoms with Crippen LogP contribution in [0.4, 0.5) is 0 Å². The number of hydrogen-bond acceptors (Lipinski definition) is 3. The van der Waals surface area contributed by atoms with Gasteiger partial charge in [0.2, 0.25) is 0 Å². The summed E-state index contributed by atoms with van der Waals surface area (Å²) in [5.41, 5.74) is 16.5. The first kappa shape index (κ1) is 33.3. The first-order valence-electron chi connectivity index (χ1n) is 19.8. The summed E-state index contributed by atoms with van der Waals surface area (Å²) >= 11 is 0. The van der Waals surface area contributed by atoms with Gasteiger partial charge in [0.1, 0.15) is 11.5 Å². The lowest BCUT2D eigenvalue weighted by atomic mass is 9.66.